The Kier molecular flexibility index (Phi) is 5.62. The summed E-state index contributed by atoms with van der Waals surface area (Å²) in [6.45, 7) is 1.25. The highest BCUT2D eigenvalue weighted by Gasteiger charge is 2.02. The van der Waals surface area contributed by atoms with Crippen molar-refractivity contribution in [1.29, 1.82) is 0 Å². The number of carboxylic acids is 1. The molecule has 0 aromatic carbocycles. The van der Waals surface area contributed by atoms with Crippen LogP contribution < -0.4 is 11.5 Å². The molecule has 0 atom stereocenters. The van der Waals surface area contributed by atoms with Gasteiger partial charge in [0, 0.05) is 13.1 Å². The van der Waals surface area contributed by atoms with Crippen LogP contribution in [0.4, 0.5) is 0 Å². The maximum Gasteiger partial charge on any atom is 0.317 e. The summed E-state index contributed by atoms with van der Waals surface area (Å²) in [6, 6.07) is 0. The van der Waals surface area contributed by atoms with Gasteiger partial charge in [0.15, 0.2) is 5.96 Å². The van der Waals surface area contributed by atoms with Gasteiger partial charge >= 0.3 is 5.97 Å². The molecule has 13 heavy (non-hydrogen) atoms. The Balaban J connectivity index is 3.42. The largest absolute Gasteiger partial charge is 0.480 e. The van der Waals surface area contributed by atoms with Crippen molar-refractivity contribution in [3.8, 4) is 0 Å². The predicted molar refractivity (Wildman–Crippen MR) is 50.4 cm³/mol. The number of nitrogens with zero attached hydrogens (tertiary/aromatic N) is 2. The van der Waals surface area contributed by atoms with Crippen LogP contribution in [0.15, 0.2) is 4.99 Å². The van der Waals surface area contributed by atoms with E-state index in [-0.39, 0.29) is 12.5 Å². The lowest BCUT2D eigenvalue weighted by atomic mass is 10.4. The Labute approximate surface area is 77.2 Å². The SMILES string of the molecule is CN(CCCN=C(N)N)CC(=O)O. The highest BCUT2D eigenvalue weighted by molar-refractivity contribution is 5.75. The molecule has 0 bridgehead atoms. The molecular weight excluding hydrogens is 172 g/mol. The highest BCUT2D eigenvalue weighted by atomic mass is 16.4. The van der Waals surface area contributed by atoms with E-state index in [1.807, 2.05) is 0 Å². The van der Waals surface area contributed by atoms with E-state index in [2.05, 4.69) is 4.99 Å². The first-order valence-electron chi connectivity index (χ1n) is 3.98. The maximum atomic E-state index is 10.2. The molecule has 0 amide bonds. The molecule has 0 fully saturated rings. The second kappa shape index (κ2) is 6.24. The minimum absolute atomic E-state index is 0.0435. The Hall–Kier alpha value is -1.30. The molecule has 0 aromatic heterocycles. The quantitative estimate of drug-likeness (QED) is 0.272. The molecule has 0 spiro atoms. The van der Waals surface area contributed by atoms with Gasteiger partial charge in [-0.15, -0.1) is 0 Å². The summed E-state index contributed by atoms with van der Waals surface area (Å²) in [5.41, 5.74) is 10.2. The Morgan fingerprint density at radius 3 is 2.62 bits per heavy atom. The van der Waals surface area contributed by atoms with Crippen molar-refractivity contribution in [1.82, 2.24) is 4.90 Å². The molecule has 6 heteroatoms. The zero-order valence-electron chi connectivity index (χ0n) is 7.73. The van der Waals surface area contributed by atoms with Crippen LogP contribution in [0.1, 0.15) is 6.42 Å². The number of nitrogens with two attached hydrogens (primary N) is 2. The first-order chi connectivity index (χ1) is 6.02. The van der Waals surface area contributed by atoms with Gasteiger partial charge in [0.25, 0.3) is 0 Å². The molecular formula is C7H16N4O2. The van der Waals surface area contributed by atoms with Crippen LogP contribution in [0, 0.1) is 0 Å². The third kappa shape index (κ3) is 8.61. The summed E-state index contributed by atoms with van der Waals surface area (Å²) in [6.07, 6.45) is 0.752. The summed E-state index contributed by atoms with van der Waals surface area (Å²) in [7, 11) is 1.74. The summed E-state index contributed by atoms with van der Waals surface area (Å²) >= 11 is 0. The molecule has 0 unspecified atom stereocenters. The van der Waals surface area contributed by atoms with Crippen LogP contribution in [-0.4, -0.2) is 48.6 Å². The number of hydrogen-bond acceptors (Lipinski definition) is 3. The average Bonchev–Trinajstić information content (AvgIpc) is 1.96. The normalized spacial score (nSPS) is 10.0. The molecule has 5 N–H and O–H groups in total. The molecule has 0 heterocycles. The Morgan fingerprint density at radius 2 is 2.15 bits per heavy atom. The fraction of sp³-hybridized carbons (Fsp3) is 0.714. The van der Waals surface area contributed by atoms with Crippen LogP contribution in [0.3, 0.4) is 0 Å². The van der Waals surface area contributed by atoms with Gasteiger partial charge in [0.2, 0.25) is 0 Å². The zero-order valence-corrected chi connectivity index (χ0v) is 7.73. The van der Waals surface area contributed by atoms with Gasteiger partial charge in [-0.3, -0.25) is 14.7 Å². The minimum atomic E-state index is -0.829. The van der Waals surface area contributed by atoms with E-state index in [0.717, 1.165) is 6.42 Å². The van der Waals surface area contributed by atoms with Gasteiger partial charge in [-0.25, -0.2) is 0 Å². The highest BCUT2D eigenvalue weighted by Crippen LogP contribution is 1.87. The second-order valence-electron chi connectivity index (χ2n) is 2.79. The molecule has 0 saturated carbocycles. The standard InChI is InChI=1S/C7H16N4O2/c1-11(5-6(12)13)4-2-3-10-7(8)9/h2-5H2,1H3,(H,12,13)(H4,8,9,10). The van der Waals surface area contributed by atoms with Crippen LogP contribution >= 0.6 is 0 Å². The number of rotatable bonds is 6. The van der Waals surface area contributed by atoms with Gasteiger partial charge in [-0.2, -0.15) is 0 Å². The van der Waals surface area contributed by atoms with Crippen LogP contribution in [0.25, 0.3) is 0 Å². The first-order valence-corrected chi connectivity index (χ1v) is 3.98. The molecule has 0 aliphatic heterocycles. The van der Waals surface area contributed by atoms with Crippen molar-refractivity contribution in [3.05, 3.63) is 0 Å². The van der Waals surface area contributed by atoms with Crippen LogP contribution in [0.5, 0.6) is 0 Å². The monoisotopic (exact) mass is 188 g/mol. The van der Waals surface area contributed by atoms with Crippen molar-refractivity contribution < 1.29 is 9.90 Å². The van der Waals surface area contributed by atoms with Gasteiger partial charge in [0.05, 0.1) is 6.54 Å². The molecule has 6 nitrogen and oxygen atoms in total. The molecule has 0 aliphatic carbocycles. The maximum absolute atomic E-state index is 10.2. The molecule has 0 radical (unpaired) electrons. The van der Waals surface area contributed by atoms with Gasteiger partial charge in [-0.1, -0.05) is 0 Å². The van der Waals surface area contributed by atoms with Crippen LogP contribution in [-0.2, 0) is 4.79 Å². The second-order valence-corrected chi connectivity index (χ2v) is 2.79. The third-order valence-corrected chi connectivity index (χ3v) is 1.40. The first kappa shape index (κ1) is 11.7. The predicted octanol–water partition coefficient (Wildman–Crippen LogP) is -1.33. The molecule has 76 valence electrons. The lowest BCUT2D eigenvalue weighted by Gasteiger charge is -2.12. The number of carbonyl (C=O) groups is 1. The van der Waals surface area contributed by atoms with E-state index >= 15 is 0 Å². The molecule has 0 saturated heterocycles. The van der Waals surface area contributed by atoms with Crippen molar-refractivity contribution in [3.63, 3.8) is 0 Å². The summed E-state index contributed by atoms with van der Waals surface area (Å²) in [5, 5.41) is 8.42. The summed E-state index contributed by atoms with van der Waals surface area (Å²) < 4.78 is 0. The van der Waals surface area contributed by atoms with Gasteiger partial charge < -0.3 is 16.6 Å². The molecule has 0 aliphatic rings. The lowest BCUT2D eigenvalue weighted by Crippen LogP contribution is -2.27. The van der Waals surface area contributed by atoms with E-state index in [1.165, 1.54) is 0 Å². The Bertz CT molecular complexity index is 189. The van der Waals surface area contributed by atoms with E-state index in [9.17, 15) is 4.79 Å². The van der Waals surface area contributed by atoms with Gasteiger partial charge in [0.1, 0.15) is 0 Å². The number of hydrogen-bond donors (Lipinski definition) is 3. The summed E-state index contributed by atoms with van der Waals surface area (Å²) in [4.78, 5) is 15.7. The van der Waals surface area contributed by atoms with Crippen molar-refractivity contribution in [2.45, 2.75) is 6.42 Å². The van der Waals surface area contributed by atoms with Crippen LogP contribution in [0.2, 0.25) is 0 Å². The summed E-state index contributed by atoms with van der Waals surface area (Å²) in [5.74, 6) is -0.759. The van der Waals surface area contributed by atoms with Crippen molar-refractivity contribution in [2.75, 3.05) is 26.7 Å². The number of carboxylic acid groups (broad SMARTS) is 1. The number of aliphatic imine (C=N–C) groups is 1. The Morgan fingerprint density at radius 1 is 1.54 bits per heavy atom. The number of likely N-dealkylation sites (N-methyl/N-ethyl adjacent to an activating group) is 1. The smallest absolute Gasteiger partial charge is 0.317 e. The van der Waals surface area contributed by atoms with E-state index in [0.29, 0.717) is 13.1 Å². The van der Waals surface area contributed by atoms with E-state index in [4.69, 9.17) is 16.6 Å². The zero-order chi connectivity index (χ0) is 10.3. The van der Waals surface area contributed by atoms with E-state index in [1.54, 1.807) is 11.9 Å². The fourth-order valence-corrected chi connectivity index (χ4v) is 0.859. The van der Waals surface area contributed by atoms with Gasteiger partial charge in [-0.05, 0) is 13.5 Å². The van der Waals surface area contributed by atoms with Crippen molar-refractivity contribution in [2.24, 2.45) is 16.5 Å². The minimum Gasteiger partial charge on any atom is -0.480 e. The topological polar surface area (TPSA) is 105 Å². The fourth-order valence-electron chi connectivity index (χ4n) is 0.859. The molecule has 0 rings (SSSR count). The van der Waals surface area contributed by atoms with Crippen molar-refractivity contribution >= 4 is 11.9 Å². The lowest BCUT2D eigenvalue weighted by molar-refractivity contribution is -0.137. The number of aliphatic carboxylic acids is 1. The third-order valence-electron chi connectivity index (χ3n) is 1.40. The number of guanidine groups is 1. The molecule has 0 aromatic rings. The average molecular weight is 188 g/mol. The van der Waals surface area contributed by atoms with E-state index < -0.39 is 5.97 Å².